The minimum Gasteiger partial charge on any atom is -0.461 e. The number of thiazole rings is 1. The quantitative estimate of drug-likeness (QED) is 0.590. The van der Waals surface area contributed by atoms with Gasteiger partial charge < -0.3 is 4.74 Å². The van der Waals surface area contributed by atoms with Crippen molar-refractivity contribution in [1.29, 1.82) is 0 Å². The number of nitrogens with zero attached hydrogens (tertiary/aromatic N) is 3. The molecule has 0 aliphatic carbocycles. The number of hydrogen-bond acceptors (Lipinski definition) is 5. The summed E-state index contributed by atoms with van der Waals surface area (Å²) in [7, 11) is 0. The molecule has 140 valence electrons. The monoisotopic (exact) mass is 393 g/mol. The topological polar surface area (TPSA) is 57.0 Å². The molecule has 0 aliphatic heterocycles. The van der Waals surface area contributed by atoms with Crippen LogP contribution in [0.4, 0.5) is 13.2 Å². The lowest BCUT2D eigenvalue weighted by Crippen LogP contribution is -2.13. The molecular weight excluding hydrogens is 379 g/mol. The maximum absolute atomic E-state index is 13.4. The summed E-state index contributed by atoms with van der Waals surface area (Å²) < 4.78 is 45.7. The van der Waals surface area contributed by atoms with Crippen molar-refractivity contribution >= 4 is 29.5 Å². The Balaban J connectivity index is 1.96. The van der Waals surface area contributed by atoms with Crippen molar-refractivity contribution in [3.63, 3.8) is 0 Å². The van der Waals surface area contributed by atoms with Crippen LogP contribution in [0.15, 0.2) is 41.8 Å². The molecule has 0 amide bonds. The fourth-order valence-electron chi connectivity index (χ4n) is 2.23. The summed E-state index contributed by atoms with van der Waals surface area (Å²) in [6, 6.07) is 10.1. The molecule has 2 heterocycles. The van der Waals surface area contributed by atoms with Crippen molar-refractivity contribution in [2.75, 3.05) is 6.61 Å². The highest BCUT2D eigenvalue weighted by atomic mass is 32.1. The SMILES string of the molecule is CCOC(=O)c1csc(-n2nc(C=Cc3ccccc3)cc2C(F)(F)F)n1. The second-order valence-corrected chi connectivity index (χ2v) is 6.18. The molecule has 0 saturated carbocycles. The van der Waals surface area contributed by atoms with Crippen molar-refractivity contribution in [3.05, 3.63) is 64.4 Å². The third-order valence-corrected chi connectivity index (χ3v) is 4.24. The zero-order chi connectivity index (χ0) is 19.4. The summed E-state index contributed by atoms with van der Waals surface area (Å²) in [6.45, 7) is 1.78. The molecule has 3 rings (SSSR count). The van der Waals surface area contributed by atoms with E-state index in [9.17, 15) is 18.0 Å². The van der Waals surface area contributed by atoms with E-state index in [-0.39, 0.29) is 23.1 Å². The lowest BCUT2D eigenvalue weighted by atomic mass is 10.2. The third-order valence-electron chi connectivity index (χ3n) is 3.42. The van der Waals surface area contributed by atoms with Crippen LogP contribution >= 0.6 is 11.3 Å². The van der Waals surface area contributed by atoms with Gasteiger partial charge in [0, 0.05) is 5.38 Å². The van der Waals surface area contributed by atoms with Crippen molar-refractivity contribution < 1.29 is 22.7 Å². The lowest BCUT2D eigenvalue weighted by Gasteiger charge is -2.06. The number of halogens is 3. The highest BCUT2D eigenvalue weighted by molar-refractivity contribution is 7.12. The Labute approximate surface area is 156 Å². The average Bonchev–Trinajstić information content (AvgIpc) is 3.28. The van der Waals surface area contributed by atoms with Crippen LogP contribution in [0.5, 0.6) is 0 Å². The summed E-state index contributed by atoms with van der Waals surface area (Å²) in [5.74, 6) is -0.690. The molecule has 0 spiro atoms. The van der Waals surface area contributed by atoms with Gasteiger partial charge in [0.05, 0.1) is 12.3 Å². The first-order chi connectivity index (χ1) is 12.9. The van der Waals surface area contributed by atoms with E-state index in [1.54, 1.807) is 13.0 Å². The van der Waals surface area contributed by atoms with Crippen LogP contribution in [0, 0.1) is 0 Å². The minimum absolute atomic E-state index is 0.0538. The molecule has 0 unspecified atom stereocenters. The Morgan fingerprint density at radius 3 is 2.67 bits per heavy atom. The normalized spacial score (nSPS) is 11.9. The third kappa shape index (κ3) is 4.43. The number of carbonyl (C=O) groups is 1. The molecule has 1 aromatic carbocycles. The molecule has 3 aromatic rings. The predicted octanol–water partition coefficient (Wildman–Crippen LogP) is 4.69. The maximum atomic E-state index is 13.4. The van der Waals surface area contributed by atoms with Crippen molar-refractivity contribution in [1.82, 2.24) is 14.8 Å². The molecule has 2 aromatic heterocycles. The van der Waals surface area contributed by atoms with E-state index in [1.807, 2.05) is 30.3 Å². The number of hydrogen-bond donors (Lipinski definition) is 0. The number of carbonyl (C=O) groups excluding carboxylic acids is 1. The Morgan fingerprint density at radius 1 is 1.26 bits per heavy atom. The Hall–Kier alpha value is -2.94. The number of rotatable bonds is 5. The van der Waals surface area contributed by atoms with Gasteiger partial charge in [0.2, 0.25) is 5.13 Å². The van der Waals surface area contributed by atoms with Crippen LogP contribution in [-0.2, 0) is 10.9 Å². The second-order valence-electron chi connectivity index (χ2n) is 5.34. The van der Waals surface area contributed by atoms with Gasteiger partial charge >= 0.3 is 12.1 Å². The zero-order valence-corrected chi connectivity index (χ0v) is 14.9. The molecule has 9 heteroatoms. The summed E-state index contributed by atoms with van der Waals surface area (Å²) in [4.78, 5) is 15.6. The average molecular weight is 393 g/mol. The van der Waals surface area contributed by atoms with Crippen LogP contribution in [0.1, 0.15) is 34.4 Å². The zero-order valence-electron chi connectivity index (χ0n) is 14.1. The molecule has 0 radical (unpaired) electrons. The largest absolute Gasteiger partial charge is 0.461 e. The number of alkyl halides is 3. The molecule has 27 heavy (non-hydrogen) atoms. The first kappa shape index (κ1) is 18.8. The van der Waals surface area contributed by atoms with E-state index < -0.39 is 17.8 Å². The Morgan fingerprint density at radius 2 is 2.00 bits per heavy atom. The van der Waals surface area contributed by atoms with E-state index in [2.05, 4.69) is 10.1 Å². The van der Waals surface area contributed by atoms with Crippen LogP contribution in [0.3, 0.4) is 0 Å². The van der Waals surface area contributed by atoms with Crippen LogP contribution in [-0.4, -0.2) is 27.3 Å². The number of esters is 1. The standard InChI is InChI=1S/C18H14F3N3O2S/c1-2-26-16(25)14-11-27-17(22-14)24-15(18(19,20)21)10-13(23-24)9-8-12-6-4-3-5-7-12/h3-11H,2H2,1H3. The molecule has 0 saturated heterocycles. The molecule has 0 atom stereocenters. The lowest BCUT2D eigenvalue weighted by molar-refractivity contribution is -0.142. The van der Waals surface area contributed by atoms with Crippen molar-refractivity contribution in [2.45, 2.75) is 13.1 Å². The van der Waals surface area contributed by atoms with Crippen molar-refractivity contribution in [2.24, 2.45) is 0 Å². The van der Waals surface area contributed by atoms with E-state index in [0.717, 1.165) is 23.0 Å². The maximum Gasteiger partial charge on any atom is 0.433 e. The van der Waals surface area contributed by atoms with E-state index in [0.29, 0.717) is 4.68 Å². The molecule has 0 fully saturated rings. The van der Waals surface area contributed by atoms with Gasteiger partial charge in [-0.15, -0.1) is 11.3 Å². The number of aromatic nitrogens is 3. The van der Waals surface area contributed by atoms with E-state index in [4.69, 9.17) is 4.74 Å². The molecule has 0 bridgehead atoms. The van der Waals surface area contributed by atoms with Gasteiger partial charge in [0.15, 0.2) is 11.4 Å². The summed E-state index contributed by atoms with van der Waals surface area (Å²) in [5.41, 5.74) is -0.0691. The van der Waals surface area contributed by atoms with Crippen LogP contribution in [0.25, 0.3) is 17.3 Å². The van der Waals surface area contributed by atoms with Gasteiger partial charge in [-0.25, -0.2) is 14.5 Å². The highest BCUT2D eigenvalue weighted by Crippen LogP contribution is 2.32. The minimum atomic E-state index is -4.62. The van der Waals surface area contributed by atoms with E-state index >= 15 is 0 Å². The van der Waals surface area contributed by atoms with Crippen molar-refractivity contribution in [3.8, 4) is 5.13 Å². The predicted molar refractivity (Wildman–Crippen MR) is 95.6 cm³/mol. The van der Waals surface area contributed by atoms with Gasteiger partial charge in [-0.1, -0.05) is 36.4 Å². The fourth-order valence-corrected chi connectivity index (χ4v) is 2.99. The summed E-state index contributed by atoms with van der Waals surface area (Å²) in [6.07, 6.45) is -1.47. The second kappa shape index (κ2) is 7.75. The molecular formula is C18H14F3N3O2S. The molecule has 0 N–H and O–H groups in total. The highest BCUT2D eigenvalue weighted by Gasteiger charge is 2.37. The summed E-state index contributed by atoms with van der Waals surface area (Å²) >= 11 is 0.879. The van der Waals surface area contributed by atoms with Crippen LogP contribution < -0.4 is 0 Å². The van der Waals surface area contributed by atoms with E-state index in [1.165, 1.54) is 11.5 Å². The molecule has 0 aliphatic rings. The smallest absolute Gasteiger partial charge is 0.433 e. The molecule has 5 nitrogen and oxygen atoms in total. The Bertz CT molecular complexity index is 962. The van der Waals surface area contributed by atoms with Gasteiger partial charge in [0.1, 0.15) is 0 Å². The fraction of sp³-hybridized carbons (Fsp3) is 0.167. The number of ether oxygens (including phenoxy) is 1. The van der Waals surface area contributed by atoms with Gasteiger partial charge in [0.25, 0.3) is 0 Å². The number of benzene rings is 1. The van der Waals surface area contributed by atoms with Gasteiger partial charge in [-0.05, 0) is 24.6 Å². The Kier molecular flexibility index (Phi) is 5.41. The first-order valence-corrected chi connectivity index (χ1v) is 8.80. The summed E-state index contributed by atoms with van der Waals surface area (Å²) in [5, 5.41) is 5.26. The first-order valence-electron chi connectivity index (χ1n) is 7.92. The van der Waals surface area contributed by atoms with Gasteiger partial charge in [-0.3, -0.25) is 0 Å². The van der Waals surface area contributed by atoms with Crippen LogP contribution in [0.2, 0.25) is 0 Å². The van der Waals surface area contributed by atoms with Gasteiger partial charge in [-0.2, -0.15) is 18.3 Å².